The van der Waals surface area contributed by atoms with Gasteiger partial charge in [-0.15, -0.1) is 0 Å². The molecule has 1 aliphatic carbocycles. The fourth-order valence-electron chi connectivity index (χ4n) is 3.12. The summed E-state index contributed by atoms with van der Waals surface area (Å²) >= 11 is 0. The van der Waals surface area contributed by atoms with Crippen molar-refractivity contribution in [3.63, 3.8) is 0 Å². The second kappa shape index (κ2) is 6.53. The summed E-state index contributed by atoms with van der Waals surface area (Å²) in [6, 6.07) is 0.565. The third-order valence-corrected chi connectivity index (χ3v) is 4.56. The van der Waals surface area contributed by atoms with E-state index in [9.17, 15) is 4.79 Å². The first kappa shape index (κ1) is 13.8. The van der Waals surface area contributed by atoms with E-state index in [4.69, 9.17) is 4.74 Å². The summed E-state index contributed by atoms with van der Waals surface area (Å²) in [5, 5.41) is 6.37. The minimum absolute atomic E-state index is 0.0149. The third-order valence-electron chi connectivity index (χ3n) is 4.56. The first-order chi connectivity index (χ1) is 8.74. The summed E-state index contributed by atoms with van der Waals surface area (Å²) in [7, 11) is 1.89. The Kier molecular flexibility index (Phi) is 5.01. The Bertz CT molecular complexity index is 275. The molecule has 0 aromatic carbocycles. The second-order valence-electron chi connectivity index (χ2n) is 5.67. The molecule has 104 valence electrons. The summed E-state index contributed by atoms with van der Waals surface area (Å²) in [5.74, 6) is 1.03. The maximum Gasteiger partial charge on any atom is 0.227 e. The molecule has 18 heavy (non-hydrogen) atoms. The van der Waals surface area contributed by atoms with Crippen molar-refractivity contribution in [1.82, 2.24) is 10.6 Å². The van der Waals surface area contributed by atoms with E-state index in [1.807, 2.05) is 7.05 Å². The molecule has 1 aliphatic heterocycles. The normalized spacial score (nSPS) is 36.6. The van der Waals surface area contributed by atoms with E-state index >= 15 is 0 Å². The van der Waals surface area contributed by atoms with E-state index in [1.54, 1.807) is 0 Å². The zero-order valence-corrected chi connectivity index (χ0v) is 11.6. The van der Waals surface area contributed by atoms with E-state index in [0.717, 1.165) is 18.8 Å². The van der Waals surface area contributed by atoms with Crippen LogP contribution in [-0.4, -0.2) is 38.3 Å². The van der Waals surface area contributed by atoms with Crippen molar-refractivity contribution in [3.05, 3.63) is 0 Å². The molecule has 0 radical (unpaired) electrons. The van der Waals surface area contributed by atoms with Crippen LogP contribution in [0.3, 0.4) is 0 Å². The molecule has 0 spiro atoms. The molecule has 2 rings (SSSR count). The Morgan fingerprint density at radius 3 is 2.56 bits per heavy atom. The van der Waals surface area contributed by atoms with Crippen LogP contribution in [0.5, 0.6) is 0 Å². The molecule has 4 nitrogen and oxygen atoms in total. The van der Waals surface area contributed by atoms with Crippen molar-refractivity contribution in [1.29, 1.82) is 0 Å². The zero-order valence-electron chi connectivity index (χ0n) is 11.6. The highest BCUT2D eigenvalue weighted by Crippen LogP contribution is 2.27. The fraction of sp³-hybridized carbons (Fsp3) is 0.929. The zero-order chi connectivity index (χ0) is 13.0. The summed E-state index contributed by atoms with van der Waals surface area (Å²) in [5.41, 5.74) is 0. The van der Waals surface area contributed by atoms with Crippen molar-refractivity contribution in [2.24, 2.45) is 11.8 Å². The number of carbonyl (C=O) groups excluding carboxylic acids is 1. The van der Waals surface area contributed by atoms with Crippen LogP contribution in [0.1, 0.15) is 39.0 Å². The van der Waals surface area contributed by atoms with E-state index < -0.39 is 0 Å². The minimum Gasteiger partial charge on any atom is -0.379 e. The van der Waals surface area contributed by atoms with E-state index in [1.165, 1.54) is 19.3 Å². The third kappa shape index (κ3) is 3.23. The van der Waals surface area contributed by atoms with Crippen LogP contribution in [0, 0.1) is 11.8 Å². The molecule has 1 saturated heterocycles. The topological polar surface area (TPSA) is 50.4 Å². The van der Waals surface area contributed by atoms with Gasteiger partial charge in [-0.05, 0) is 38.6 Å². The Balaban J connectivity index is 1.77. The van der Waals surface area contributed by atoms with Crippen molar-refractivity contribution < 1.29 is 9.53 Å². The lowest BCUT2D eigenvalue weighted by atomic mass is 9.84. The Morgan fingerprint density at radius 1 is 1.22 bits per heavy atom. The Labute approximate surface area is 110 Å². The van der Waals surface area contributed by atoms with Gasteiger partial charge in [-0.2, -0.15) is 0 Å². The maximum atomic E-state index is 12.2. The van der Waals surface area contributed by atoms with Crippen molar-refractivity contribution in [2.75, 3.05) is 20.3 Å². The average Bonchev–Trinajstić information content (AvgIpc) is 2.88. The first-order valence-corrected chi connectivity index (χ1v) is 7.30. The highest BCUT2D eigenvalue weighted by molar-refractivity contribution is 5.80. The highest BCUT2D eigenvalue weighted by Gasteiger charge is 2.34. The molecule has 1 heterocycles. The van der Waals surface area contributed by atoms with Crippen molar-refractivity contribution >= 4 is 5.91 Å². The van der Waals surface area contributed by atoms with Crippen LogP contribution >= 0.6 is 0 Å². The number of hydrogen-bond acceptors (Lipinski definition) is 3. The molecule has 2 aliphatic rings. The molecule has 0 bridgehead atoms. The van der Waals surface area contributed by atoms with Gasteiger partial charge in [0, 0.05) is 12.1 Å². The summed E-state index contributed by atoms with van der Waals surface area (Å²) in [6.45, 7) is 3.47. The van der Waals surface area contributed by atoms with Crippen LogP contribution in [0.4, 0.5) is 0 Å². The lowest BCUT2D eigenvalue weighted by Gasteiger charge is -2.29. The molecular formula is C14H26N2O2. The molecule has 2 unspecified atom stereocenters. The quantitative estimate of drug-likeness (QED) is 0.795. The van der Waals surface area contributed by atoms with Gasteiger partial charge in [0.1, 0.15) is 0 Å². The minimum atomic E-state index is -0.0149. The van der Waals surface area contributed by atoms with Crippen molar-refractivity contribution in [2.45, 2.75) is 51.1 Å². The lowest BCUT2D eigenvalue weighted by molar-refractivity contribution is -0.126. The Hall–Kier alpha value is -0.610. The number of nitrogens with one attached hydrogen (secondary N) is 2. The molecule has 1 saturated carbocycles. The first-order valence-electron chi connectivity index (χ1n) is 7.30. The summed E-state index contributed by atoms with van der Waals surface area (Å²) < 4.78 is 5.38. The van der Waals surface area contributed by atoms with Gasteiger partial charge in [0.2, 0.25) is 5.91 Å². The number of rotatable bonds is 4. The monoisotopic (exact) mass is 254 g/mol. The maximum absolute atomic E-state index is 12.2. The van der Waals surface area contributed by atoms with E-state index in [2.05, 4.69) is 17.6 Å². The predicted octanol–water partition coefficient (Wildman–Crippen LogP) is 1.31. The smallest absolute Gasteiger partial charge is 0.227 e. The standard InChI is InChI=1S/C14H26N2O2/c1-3-10-4-6-11(7-5-10)16-14(17)12-8-18-9-13(12)15-2/h10-13,15H,3-9H2,1-2H3,(H,16,17). The number of carbonyl (C=O) groups is 1. The number of ether oxygens (including phenoxy) is 1. The number of amides is 1. The molecule has 2 atom stereocenters. The Morgan fingerprint density at radius 2 is 1.94 bits per heavy atom. The largest absolute Gasteiger partial charge is 0.379 e. The summed E-state index contributed by atoms with van der Waals surface area (Å²) in [4.78, 5) is 12.2. The number of hydrogen-bond donors (Lipinski definition) is 2. The van der Waals surface area contributed by atoms with Gasteiger partial charge in [0.25, 0.3) is 0 Å². The molecule has 1 amide bonds. The lowest BCUT2D eigenvalue weighted by Crippen LogP contribution is -2.46. The molecule has 4 heteroatoms. The predicted molar refractivity (Wildman–Crippen MR) is 71.3 cm³/mol. The van der Waals surface area contributed by atoms with Gasteiger partial charge >= 0.3 is 0 Å². The molecule has 0 aromatic rings. The van der Waals surface area contributed by atoms with Crippen LogP contribution < -0.4 is 10.6 Å². The van der Waals surface area contributed by atoms with E-state index in [-0.39, 0.29) is 17.9 Å². The SMILES string of the molecule is CCC1CCC(NC(=O)C2COCC2NC)CC1. The fourth-order valence-corrected chi connectivity index (χ4v) is 3.12. The molecule has 2 fully saturated rings. The highest BCUT2D eigenvalue weighted by atomic mass is 16.5. The molecule has 0 aromatic heterocycles. The van der Waals surface area contributed by atoms with E-state index in [0.29, 0.717) is 19.3 Å². The van der Waals surface area contributed by atoms with Gasteiger partial charge in [-0.25, -0.2) is 0 Å². The van der Waals surface area contributed by atoms with Crippen molar-refractivity contribution in [3.8, 4) is 0 Å². The van der Waals surface area contributed by atoms with Crippen LogP contribution in [0.25, 0.3) is 0 Å². The van der Waals surface area contributed by atoms with Gasteiger partial charge in [0.05, 0.1) is 19.1 Å². The molecule has 2 N–H and O–H groups in total. The van der Waals surface area contributed by atoms with Gasteiger partial charge < -0.3 is 15.4 Å². The number of likely N-dealkylation sites (N-methyl/N-ethyl adjacent to an activating group) is 1. The van der Waals surface area contributed by atoms with Gasteiger partial charge in [-0.3, -0.25) is 4.79 Å². The summed E-state index contributed by atoms with van der Waals surface area (Å²) in [6.07, 6.45) is 6.08. The molecular weight excluding hydrogens is 228 g/mol. The van der Waals surface area contributed by atoms with Crippen LogP contribution in [0.2, 0.25) is 0 Å². The van der Waals surface area contributed by atoms with Gasteiger partial charge in [-0.1, -0.05) is 13.3 Å². The van der Waals surface area contributed by atoms with Crippen LogP contribution in [-0.2, 0) is 9.53 Å². The second-order valence-corrected chi connectivity index (χ2v) is 5.67. The average molecular weight is 254 g/mol. The van der Waals surface area contributed by atoms with Crippen LogP contribution in [0.15, 0.2) is 0 Å². The van der Waals surface area contributed by atoms with Gasteiger partial charge in [0.15, 0.2) is 0 Å².